The molecule has 2 amide bonds. The van der Waals surface area contributed by atoms with Crippen LogP contribution in [0.3, 0.4) is 0 Å². The van der Waals surface area contributed by atoms with E-state index in [0.29, 0.717) is 23.4 Å². The van der Waals surface area contributed by atoms with Gasteiger partial charge < -0.3 is 9.80 Å². The second-order valence-corrected chi connectivity index (χ2v) is 6.74. The molecule has 1 aromatic heterocycles. The molecule has 0 aliphatic carbocycles. The van der Waals surface area contributed by atoms with Crippen LogP contribution in [0.15, 0.2) is 5.16 Å². The first-order chi connectivity index (χ1) is 10.3. The van der Waals surface area contributed by atoms with E-state index >= 15 is 0 Å². The third-order valence-corrected chi connectivity index (χ3v) is 4.53. The van der Waals surface area contributed by atoms with Gasteiger partial charge in [0.15, 0.2) is 11.0 Å². The predicted molar refractivity (Wildman–Crippen MR) is 87.0 cm³/mol. The molecule has 0 aliphatic rings. The maximum Gasteiger partial charge on any atom is 0.346 e. The fourth-order valence-corrected chi connectivity index (χ4v) is 2.40. The minimum Gasteiger partial charge on any atom is -0.336 e. The largest absolute Gasteiger partial charge is 0.346 e. The normalized spacial score (nSPS) is 11.4. The molecule has 0 bridgehead atoms. The van der Waals surface area contributed by atoms with E-state index in [1.807, 2.05) is 20.8 Å². The Labute approximate surface area is 136 Å². The minimum atomic E-state index is -0.248. The van der Waals surface area contributed by atoms with Gasteiger partial charge in [0.1, 0.15) is 0 Å². The molecule has 0 N–H and O–H groups in total. The standard InChI is InChI=1S/C14H25N5O2S/c1-7-14(3,4)11-15-12(22-10-18(8-2)9-20)19(16-11)13(21)17(5)6/h9H,7-8,10H2,1-6H3. The first-order valence-corrected chi connectivity index (χ1v) is 8.26. The summed E-state index contributed by atoms with van der Waals surface area (Å²) in [5, 5.41) is 4.90. The van der Waals surface area contributed by atoms with Gasteiger partial charge in [-0.3, -0.25) is 4.79 Å². The summed E-state index contributed by atoms with van der Waals surface area (Å²) in [5.41, 5.74) is -0.206. The Morgan fingerprint density at radius 3 is 2.45 bits per heavy atom. The van der Waals surface area contributed by atoms with Gasteiger partial charge in [0, 0.05) is 26.1 Å². The number of nitrogens with zero attached hydrogens (tertiary/aromatic N) is 5. The summed E-state index contributed by atoms with van der Waals surface area (Å²) >= 11 is 1.33. The van der Waals surface area contributed by atoms with Gasteiger partial charge in [0.2, 0.25) is 6.41 Å². The number of carbonyl (C=O) groups excluding carboxylic acids is 2. The fraction of sp³-hybridized carbons (Fsp3) is 0.714. The van der Waals surface area contributed by atoms with Crippen molar-refractivity contribution in [3.05, 3.63) is 5.82 Å². The van der Waals surface area contributed by atoms with Crippen LogP contribution in [-0.2, 0) is 10.2 Å². The van der Waals surface area contributed by atoms with Crippen molar-refractivity contribution in [2.45, 2.75) is 44.7 Å². The van der Waals surface area contributed by atoms with Gasteiger partial charge in [0.05, 0.1) is 5.88 Å². The summed E-state index contributed by atoms with van der Waals surface area (Å²) in [6.07, 6.45) is 1.66. The van der Waals surface area contributed by atoms with E-state index in [2.05, 4.69) is 17.0 Å². The van der Waals surface area contributed by atoms with E-state index in [0.717, 1.165) is 12.8 Å². The van der Waals surface area contributed by atoms with Gasteiger partial charge in [0.25, 0.3) is 0 Å². The molecule has 0 saturated heterocycles. The fourth-order valence-electron chi connectivity index (χ4n) is 1.49. The van der Waals surface area contributed by atoms with Crippen LogP contribution in [0.5, 0.6) is 0 Å². The zero-order valence-electron chi connectivity index (χ0n) is 14.2. The Kier molecular flexibility index (Phi) is 6.40. The molecule has 0 radical (unpaired) electrons. The number of hydrogen-bond donors (Lipinski definition) is 0. The maximum absolute atomic E-state index is 12.3. The lowest BCUT2D eigenvalue weighted by Crippen LogP contribution is -2.29. The molecular formula is C14H25N5O2S. The number of amides is 2. The van der Waals surface area contributed by atoms with Gasteiger partial charge in [-0.2, -0.15) is 4.68 Å². The molecule has 22 heavy (non-hydrogen) atoms. The van der Waals surface area contributed by atoms with Crippen LogP contribution >= 0.6 is 11.8 Å². The molecule has 0 fully saturated rings. The van der Waals surface area contributed by atoms with E-state index < -0.39 is 0 Å². The first kappa shape index (κ1) is 18.5. The van der Waals surface area contributed by atoms with E-state index in [9.17, 15) is 9.59 Å². The molecule has 1 rings (SSSR count). The van der Waals surface area contributed by atoms with E-state index in [1.165, 1.54) is 21.3 Å². The molecular weight excluding hydrogens is 302 g/mol. The van der Waals surface area contributed by atoms with Gasteiger partial charge in [-0.1, -0.05) is 32.5 Å². The molecule has 7 nitrogen and oxygen atoms in total. The lowest BCUT2D eigenvalue weighted by molar-refractivity contribution is -0.117. The Balaban J connectivity index is 3.12. The summed E-state index contributed by atoms with van der Waals surface area (Å²) in [6, 6.07) is -0.248. The third kappa shape index (κ3) is 4.22. The Morgan fingerprint density at radius 1 is 1.36 bits per heavy atom. The van der Waals surface area contributed by atoms with Crippen LogP contribution in [0.1, 0.15) is 39.9 Å². The highest BCUT2D eigenvalue weighted by atomic mass is 32.2. The zero-order chi connectivity index (χ0) is 16.9. The third-order valence-electron chi connectivity index (χ3n) is 3.55. The summed E-state index contributed by atoms with van der Waals surface area (Å²) in [4.78, 5) is 30.7. The van der Waals surface area contributed by atoms with Crippen molar-refractivity contribution >= 4 is 24.2 Å². The van der Waals surface area contributed by atoms with Gasteiger partial charge in [-0.05, 0) is 13.3 Å². The van der Waals surface area contributed by atoms with Crippen LogP contribution in [-0.4, -0.2) is 63.5 Å². The van der Waals surface area contributed by atoms with Crippen molar-refractivity contribution in [2.24, 2.45) is 0 Å². The van der Waals surface area contributed by atoms with Crippen LogP contribution in [0.25, 0.3) is 0 Å². The SMILES string of the molecule is CCN(C=O)CSc1nc(C(C)(C)CC)nn1C(=O)N(C)C. The summed E-state index contributed by atoms with van der Waals surface area (Å²) in [5.74, 6) is 1.08. The molecule has 0 aliphatic heterocycles. The Hall–Kier alpha value is -1.57. The zero-order valence-corrected chi connectivity index (χ0v) is 15.0. The average molecular weight is 327 g/mol. The highest BCUT2D eigenvalue weighted by molar-refractivity contribution is 7.99. The molecule has 1 aromatic rings. The van der Waals surface area contributed by atoms with Crippen molar-refractivity contribution in [1.29, 1.82) is 0 Å². The second-order valence-electron chi connectivity index (χ2n) is 5.83. The van der Waals surface area contributed by atoms with Crippen LogP contribution in [0.4, 0.5) is 4.79 Å². The Bertz CT molecular complexity index is 527. The predicted octanol–water partition coefficient (Wildman–Crippen LogP) is 2.02. The minimum absolute atomic E-state index is 0.206. The highest BCUT2D eigenvalue weighted by Crippen LogP contribution is 2.27. The second kappa shape index (κ2) is 7.62. The van der Waals surface area contributed by atoms with Crippen LogP contribution in [0.2, 0.25) is 0 Å². The van der Waals surface area contributed by atoms with E-state index in [4.69, 9.17) is 0 Å². The van der Waals surface area contributed by atoms with E-state index in [-0.39, 0.29) is 11.4 Å². The maximum atomic E-state index is 12.3. The van der Waals surface area contributed by atoms with Crippen LogP contribution in [0, 0.1) is 0 Å². The topological polar surface area (TPSA) is 71.3 Å². The number of carbonyl (C=O) groups is 2. The van der Waals surface area contributed by atoms with Crippen molar-refractivity contribution < 1.29 is 9.59 Å². The summed E-state index contributed by atoms with van der Waals surface area (Å²) in [6.45, 7) is 8.67. The molecule has 0 aromatic carbocycles. The van der Waals surface area contributed by atoms with Crippen molar-refractivity contribution in [1.82, 2.24) is 24.6 Å². The van der Waals surface area contributed by atoms with Gasteiger partial charge >= 0.3 is 6.03 Å². The quantitative estimate of drug-likeness (QED) is 0.435. The molecule has 0 atom stereocenters. The lowest BCUT2D eigenvalue weighted by atomic mass is 9.90. The molecule has 1 heterocycles. The summed E-state index contributed by atoms with van der Waals surface area (Å²) < 4.78 is 1.32. The van der Waals surface area contributed by atoms with Crippen LogP contribution < -0.4 is 0 Å². The van der Waals surface area contributed by atoms with Gasteiger partial charge in [-0.15, -0.1) is 5.10 Å². The first-order valence-electron chi connectivity index (χ1n) is 7.28. The van der Waals surface area contributed by atoms with Gasteiger partial charge in [-0.25, -0.2) is 9.78 Å². The van der Waals surface area contributed by atoms with E-state index in [1.54, 1.807) is 19.0 Å². The molecule has 0 spiro atoms. The molecule has 0 saturated carbocycles. The average Bonchev–Trinajstić information content (AvgIpc) is 2.92. The lowest BCUT2D eigenvalue weighted by Gasteiger charge is -2.17. The number of thioether (sulfide) groups is 1. The van der Waals surface area contributed by atoms with Crippen molar-refractivity contribution in [3.63, 3.8) is 0 Å². The Morgan fingerprint density at radius 2 is 2.00 bits per heavy atom. The van der Waals surface area contributed by atoms with Crippen molar-refractivity contribution in [3.8, 4) is 0 Å². The highest BCUT2D eigenvalue weighted by Gasteiger charge is 2.27. The number of hydrogen-bond acceptors (Lipinski definition) is 5. The van der Waals surface area contributed by atoms with Crippen molar-refractivity contribution in [2.75, 3.05) is 26.5 Å². The molecule has 124 valence electrons. The summed E-state index contributed by atoms with van der Waals surface area (Å²) in [7, 11) is 3.35. The molecule has 0 unspecified atom stereocenters. The smallest absolute Gasteiger partial charge is 0.336 e. The molecule has 8 heteroatoms. The monoisotopic (exact) mass is 327 g/mol. The number of rotatable bonds is 7. The number of aromatic nitrogens is 3.